The van der Waals surface area contributed by atoms with E-state index in [0.717, 1.165) is 16.9 Å². The van der Waals surface area contributed by atoms with Gasteiger partial charge in [-0.1, -0.05) is 47.5 Å². The lowest BCUT2D eigenvalue weighted by atomic mass is 10.2. The fourth-order valence-corrected chi connectivity index (χ4v) is 3.04. The summed E-state index contributed by atoms with van der Waals surface area (Å²) in [6.07, 6.45) is 3.35. The molecule has 0 aliphatic rings. The van der Waals surface area contributed by atoms with Gasteiger partial charge in [-0.05, 0) is 35.4 Å². The molecule has 0 heterocycles. The Hall–Kier alpha value is -1.82. The molecule has 1 N–H and O–H groups in total. The first-order chi connectivity index (χ1) is 12.5. The molecule has 2 aromatic rings. The maximum atomic E-state index is 11.3. The minimum Gasteiger partial charge on any atom is -0.480 e. The quantitative estimate of drug-likeness (QED) is 0.482. The van der Waals surface area contributed by atoms with E-state index < -0.39 is 12.0 Å². The van der Waals surface area contributed by atoms with Gasteiger partial charge in [0.05, 0.1) is 0 Å². The molecule has 136 valence electrons. The van der Waals surface area contributed by atoms with Gasteiger partial charge in [-0.25, -0.2) is 4.79 Å². The summed E-state index contributed by atoms with van der Waals surface area (Å²) < 4.78 is 0. The molecule has 2 aromatic carbocycles. The zero-order valence-corrected chi connectivity index (χ0v) is 16.2. The summed E-state index contributed by atoms with van der Waals surface area (Å²) in [5, 5.41) is 10.6. The minimum atomic E-state index is -0.938. The van der Waals surface area contributed by atoms with Crippen molar-refractivity contribution in [2.24, 2.45) is 9.98 Å². The molecule has 1 atom stereocenters. The summed E-state index contributed by atoms with van der Waals surface area (Å²) in [7, 11) is 0. The molecule has 0 amide bonds. The van der Waals surface area contributed by atoms with Crippen LogP contribution in [0, 0.1) is 0 Å². The topological polar surface area (TPSA) is 62.0 Å². The van der Waals surface area contributed by atoms with Gasteiger partial charge >= 0.3 is 5.97 Å². The van der Waals surface area contributed by atoms with Gasteiger partial charge in [-0.3, -0.25) is 9.98 Å². The van der Waals surface area contributed by atoms with Crippen molar-refractivity contribution >= 4 is 53.4 Å². The second-order valence-electron chi connectivity index (χ2n) is 5.35. The first-order valence-corrected chi connectivity index (χ1v) is 9.80. The van der Waals surface area contributed by atoms with Crippen molar-refractivity contribution in [2.75, 3.05) is 18.1 Å². The monoisotopic (exact) mass is 408 g/mol. The van der Waals surface area contributed by atoms with Crippen molar-refractivity contribution in [3.05, 3.63) is 69.7 Å². The molecule has 0 radical (unpaired) electrons. The summed E-state index contributed by atoms with van der Waals surface area (Å²) >= 11 is 13.2. The Labute approximate surface area is 167 Å². The lowest BCUT2D eigenvalue weighted by molar-refractivity contribution is -0.137. The number of aliphatic carboxylic acids is 1. The summed E-state index contributed by atoms with van der Waals surface area (Å²) in [5.41, 5.74) is 1.80. The highest BCUT2D eigenvalue weighted by molar-refractivity contribution is 7.99. The Bertz CT molecular complexity index is 762. The van der Waals surface area contributed by atoms with Gasteiger partial charge in [-0.2, -0.15) is 11.8 Å². The molecular weight excluding hydrogens is 391 g/mol. The van der Waals surface area contributed by atoms with E-state index in [2.05, 4.69) is 9.98 Å². The highest BCUT2D eigenvalue weighted by atomic mass is 35.5. The molecule has 0 fully saturated rings. The van der Waals surface area contributed by atoms with Crippen molar-refractivity contribution in [1.29, 1.82) is 0 Å². The summed E-state index contributed by atoms with van der Waals surface area (Å²) in [6.45, 7) is 0.612. The number of carbonyl (C=O) groups is 1. The van der Waals surface area contributed by atoms with Gasteiger partial charge < -0.3 is 5.11 Å². The van der Waals surface area contributed by atoms with Crippen molar-refractivity contribution in [2.45, 2.75) is 6.04 Å². The fraction of sp³-hybridized carbons (Fsp3) is 0.211. The number of benzene rings is 2. The van der Waals surface area contributed by atoms with E-state index in [1.807, 2.05) is 24.3 Å². The molecule has 4 nitrogen and oxygen atoms in total. The third-order valence-electron chi connectivity index (χ3n) is 3.31. The smallest absolute Gasteiger partial charge is 0.329 e. The zero-order valence-electron chi connectivity index (χ0n) is 13.9. The molecule has 0 aromatic heterocycles. The second kappa shape index (κ2) is 11.0. The van der Waals surface area contributed by atoms with E-state index in [4.69, 9.17) is 23.2 Å². The number of aliphatic imine (C=N–C) groups is 2. The Kier molecular flexibility index (Phi) is 8.68. The third-order valence-corrected chi connectivity index (χ3v) is 4.84. The molecule has 0 aliphatic carbocycles. The molecule has 0 saturated heterocycles. The highest BCUT2D eigenvalue weighted by Gasteiger charge is 2.14. The van der Waals surface area contributed by atoms with Crippen LogP contribution in [0.4, 0.5) is 0 Å². The van der Waals surface area contributed by atoms with Crippen LogP contribution in [0.25, 0.3) is 0 Å². The zero-order chi connectivity index (χ0) is 18.8. The lowest BCUT2D eigenvalue weighted by Crippen LogP contribution is -2.21. The van der Waals surface area contributed by atoms with Crippen LogP contribution in [-0.2, 0) is 4.79 Å². The van der Waals surface area contributed by atoms with Crippen LogP contribution >= 0.6 is 35.0 Å². The lowest BCUT2D eigenvalue weighted by Gasteiger charge is -2.06. The Morgan fingerprint density at radius 2 is 1.54 bits per heavy atom. The van der Waals surface area contributed by atoms with Crippen molar-refractivity contribution in [1.82, 2.24) is 0 Å². The van der Waals surface area contributed by atoms with Gasteiger partial charge in [0.1, 0.15) is 0 Å². The van der Waals surface area contributed by atoms with E-state index in [1.165, 1.54) is 11.8 Å². The van der Waals surface area contributed by atoms with Crippen molar-refractivity contribution in [3.63, 3.8) is 0 Å². The number of rotatable bonds is 9. The average Bonchev–Trinajstić information content (AvgIpc) is 2.63. The van der Waals surface area contributed by atoms with E-state index in [-0.39, 0.29) is 0 Å². The molecule has 0 unspecified atom stereocenters. The van der Waals surface area contributed by atoms with Crippen LogP contribution in [0.15, 0.2) is 58.5 Å². The van der Waals surface area contributed by atoms with E-state index >= 15 is 0 Å². The Balaban J connectivity index is 1.75. The molecule has 0 spiro atoms. The van der Waals surface area contributed by atoms with E-state index in [9.17, 15) is 9.90 Å². The third kappa shape index (κ3) is 7.60. The maximum Gasteiger partial charge on any atom is 0.329 e. The molecule has 26 heavy (non-hydrogen) atoms. The summed E-state index contributed by atoms with van der Waals surface area (Å²) in [5.74, 6) is 0.188. The number of carboxylic acid groups (broad SMARTS) is 1. The number of nitrogens with zero attached hydrogens (tertiary/aromatic N) is 2. The standard InChI is InChI=1S/C19H18Cl2N2O2S/c20-16-5-1-14(2-6-16)11-22-9-10-26-13-18(19(24)25)23-12-15-3-7-17(21)8-4-15/h1-8,11-12,18H,9-10,13H2,(H,24,25)/t18-/m0/s1. The van der Waals surface area contributed by atoms with Crippen molar-refractivity contribution < 1.29 is 9.90 Å². The van der Waals surface area contributed by atoms with Crippen LogP contribution in [0.2, 0.25) is 10.0 Å². The average molecular weight is 409 g/mol. The minimum absolute atomic E-state index is 0.399. The normalized spacial score (nSPS) is 12.7. The summed E-state index contributed by atoms with van der Waals surface area (Å²) in [4.78, 5) is 19.8. The molecule has 0 bridgehead atoms. The number of halogens is 2. The molecular formula is C19H18Cl2N2O2S. The van der Waals surface area contributed by atoms with Gasteiger partial charge in [0.15, 0.2) is 6.04 Å². The van der Waals surface area contributed by atoms with Gasteiger partial charge in [0.25, 0.3) is 0 Å². The largest absolute Gasteiger partial charge is 0.480 e. The predicted molar refractivity (Wildman–Crippen MR) is 112 cm³/mol. The Morgan fingerprint density at radius 3 is 2.08 bits per heavy atom. The van der Waals surface area contributed by atoms with Crippen LogP contribution in [0.5, 0.6) is 0 Å². The molecule has 2 rings (SSSR count). The SMILES string of the molecule is O=C(O)[C@H](CSCCN=Cc1ccc(Cl)cc1)N=Cc1ccc(Cl)cc1. The predicted octanol–water partition coefficient (Wildman–Crippen LogP) is 4.72. The summed E-state index contributed by atoms with van der Waals surface area (Å²) in [6, 6.07) is 13.7. The fourth-order valence-electron chi connectivity index (χ4n) is 1.93. The van der Waals surface area contributed by atoms with E-state index in [0.29, 0.717) is 22.3 Å². The molecule has 7 heteroatoms. The van der Waals surface area contributed by atoms with Gasteiger partial charge in [0, 0.05) is 40.5 Å². The molecule has 0 aliphatic heterocycles. The van der Waals surface area contributed by atoms with Crippen LogP contribution in [0.3, 0.4) is 0 Å². The van der Waals surface area contributed by atoms with E-state index in [1.54, 1.807) is 36.7 Å². The van der Waals surface area contributed by atoms with Gasteiger partial charge in [0.2, 0.25) is 0 Å². The highest BCUT2D eigenvalue weighted by Crippen LogP contribution is 2.10. The number of carboxylic acids is 1. The first kappa shape index (κ1) is 20.5. The van der Waals surface area contributed by atoms with Crippen molar-refractivity contribution in [3.8, 4) is 0 Å². The van der Waals surface area contributed by atoms with Gasteiger partial charge in [-0.15, -0.1) is 0 Å². The number of hydrogen-bond acceptors (Lipinski definition) is 4. The maximum absolute atomic E-state index is 11.3. The number of thioether (sulfide) groups is 1. The Morgan fingerprint density at radius 1 is 1.00 bits per heavy atom. The first-order valence-electron chi connectivity index (χ1n) is 7.89. The van der Waals surface area contributed by atoms with Crippen LogP contribution in [-0.4, -0.2) is 47.6 Å². The second-order valence-corrected chi connectivity index (χ2v) is 7.37. The molecule has 0 saturated carbocycles. The van der Waals surface area contributed by atoms with Crippen LogP contribution < -0.4 is 0 Å². The van der Waals surface area contributed by atoms with Crippen LogP contribution in [0.1, 0.15) is 11.1 Å². The number of hydrogen-bond donors (Lipinski definition) is 1.